The molecule has 1 N–H and O–H groups in total. The zero-order valence-corrected chi connectivity index (χ0v) is 11.2. The van der Waals surface area contributed by atoms with Crippen LogP contribution < -0.4 is 5.32 Å². The van der Waals surface area contributed by atoms with E-state index in [1.54, 1.807) is 12.3 Å². The van der Waals surface area contributed by atoms with Crippen molar-refractivity contribution in [1.82, 2.24) is 15.3 Å². The van der Waals surface area contributed by atoms with E-state index in [1.807, 2.05) is 32.0 Å². The first-order valence-corrected chi connectivity index (χ1v) is 6.47. The number of aromatic nitrogens is 2. The molecular formula is C15H18FN3. The molecular weight excluding hydrogens is 241 g/mol. The van der Waals surface area contributed by atoms with Crippen LogP contribution >= 0.6 is 0 Å². The standard InChI is InChI=1S/C15H18FN3/c1-3-15(13-6-4-5-7-14(13)16)18-10-12-8-9-17-11(2)19-12/h4-9,15,18H,3,10H2,1-2H3. The van der Waals surface area contributed by atoms with Gasteiger partial charge in [0.15, 0.2) is 0 Å². The molecule has 0 bridgehead atoms. The lowest BCUT2D eigenvalue weighted by Gasteiger charge is -2.17. The van der Waals surface area contributed by atoms with E-state index in [0.717, 1.165) is 17.9 Å². The van der Waals surface area contributed by atoms with Gasteiger partial charge in [0.1, 0.15) is 11.6 Å². The highest BCUT2D eigenvalue weighted by molar-refractivity contribution is 5.21. The molecule has 0 spiro atoms. The van der Waals surface area contributed by atoms with Crippen LogP contribution in [-0.4, -0.2) is 9.97 Å². The third kappa shape index (κ3) is 3.58. The normalized spacial score (nSPS) is 12.4. The largest absolute Gasteiger partial charge is 0.304 e. The Kier molecular flexibility index (Phi) is 4.58. The Morgan fingerprint density at radius 2 is 2.05 bits per heavy atom. The van der Waals surface area contributed by atoms with Crippen molar-refractivity contribution < 1.29 is 4.39 Å². The predicted octanol–water partition coefficient (Wildman–Crippen LogP) is 3.17. The van der Waals surface area contributed by atoms with Gasteiger partial charge < -0.3 is 5.32 Å². The first kappa shape index (κ1) is 13.6. The van der Waals surface area contributed by atoms with Gasteiger partial charge in [-0.2, -0.15) is 0 Å². The van der Waals surface area contributed by atoms with Crippen molar-refractivity contribution in [2.75, 3.05) is 0 Å². The van der Waals surface area contributed by atoms with Gasteiger partial charge in [0.25, 0.3) is 0 Å². The first-order valence-electron chi connectivity index (χ1n) is 6.47. The van der Waals surface area contributed by atoms with Crippen molar-refractivity contribution in [2.24, 2.45) is 0 Å². The molecule has 2 aromatic rings. The van der Waals surface area contributed by atoms with E-state index in [9.17, 15) is 4.39 Å². The Morgan fingerprint density at radius 3 is 2.74 bits per heavy atom. The molecule has 0 amide bonds. The minimum absolute atomic E-state index is 0.00327. The topological polar surface area (TPSA) is 37.8 Å². The highest BCUT2D eigenvalue weighted by Crippen LogP contribution is 2.19. The van der Waals surface area contributed by atoms with Crippen LogP contribution in [-0.2, 0) is 6.54 Å². The second-order valence-electron chi connectivity index (χ2n) is 4.46. The van der Waals surface area contributed by atoms with Crippen molar-refractivity contribution in [3.8, 4) is 0 Å². The number of halogens is 1. The number of benzene rings is 1. The van der Waals surface area contributed by atoms with Crippen LogP contribution in [0.5, 0.6) is 0 Å². The van der Waals surface area contributed by atoms with Crippen molar-refractivity contribution in [3.63, 3.8) is 0 Å². The second-order valence-corrected chi connectivity index (χ2v) is 4.46. The monoisotopic (exact) mass is 259 g/mol. The van der Waals surface area contributed by atoms with E-state index in [2.05, 4.69) is 15.3 Å². The molecule has 3 nitrogen and oxygen atoms in total. The zero-order chi connectivity index (χ0) is 13.7. The quantitative estimate of drug-likeness (QED) is 0.896. The van der Waals surface area contributed by atoms with Gasteiger partial charge in [-0.25, -0.2) is 14.4 Å². The van der Waals surface area contributed by atoms with E-state index in [0.29, 0.717) is 12.1 Å². The molecule has 19 heavy (non-hydrogen) atoms. The number of nitrogens with zero attached hydrogens (tertiary/aromatic N) is 2. The van der Waals surface area contributed by atoms with Gasteiger partial charge in [0, 0.05) is 24.3 Å². The van der Waals surface area contributed by atoms with Crippen LogP contribution in [0.4, 0.5) is 4.39 Å². The van der Waals surface area contributed by atoms with Gasteiger partial charge in [0.05, 0.1) is 5.69 Å². The third-order valence-corrected chi connectivity index (χ3v) is 3.05. The van der Waals surface area contributed by atoms with Crippen molar-refractivity contribution >= 4 is 0 Å². The Morgan fingerprint density at radius 1 is 1.26 bits per heavy atom. The smallest absolute Gasteiger partial charge is 0.127 e. The number of aryl methyl sites for hydroxylation is 1. The molecule has 1 unspecified atom stereocenters. The minimum Gasteiger partial charge on any atom is -0.304 e. The van der Waals surface area contributed by atoms with Gasteiger partial charge in [-0.1, -0.05) is 25.1 Å². The van der Waals surface area contributed by atoms with Crippen molar-refractivity contribution in [3.05, 3.63) is 59.4 Å². The third-order valence-electron chi connectivity index (χ3n) is 3.05. The van der Waals surface area contributed by atoms with Crippen LogP contribution in [0.1, 0.15) is 36.5 Å². The molecule has 1 aromatic heterocycles. The Hall–Kier alpha value is -1.81. The van der Waals surface area contributed by atoms with Crippen molar-refractivity contribution in [1.29, 1.82) is 0 Å². The van der Waals surface area contributed by atoms with Crippen LogP contribution in [0.25, 0.3) is 0 Å². The lowest BCUT2D eigenvalue weighted by Crippen LogP contribution is -2.22. The molecule has 1 atom stereocenters. The molecule has 1 aromatic carbocycles. The summed E-state index contributed by atoms with van der Waals surface area (Å²) >= 11 is 0. The molecule has 1 heterocycles. The summed E-state index contributed by atoms with van der Waals surface area (Å²) in [4.78, 5) is 8.39. The summed E-state index contributed by atoms with van der Waals surface area (Å²) in [6.07, 6.45) is 2.56. The van der Waals surface area contributed by atoms with E-state index in [-0.39, 0.29) is 11.9 Å². The van der Waals surface area contributed by atoms with Gasteiger partial charge >= 0.3 is 0 Å². The summed E-state index contributed by atoms with van der Waals surface area (Å²) in [7, 11) is 0. The van der Waals surface area contributed by atoms with Gasteiger partial charge in [-0.05, 0) is 25.5 Å². The Balaban J connectivity index is 2.06. The summed E-state index contributed by atoms with van der Waals surface area (Å²) in [6.45, 7) is 4.50. The summed E-state index contributed by atoms with van der Waals surface area (Å²) in [5.41, 5.74) is 1.62. The van der Waals surface area contributed by atoms with E-state index >= 15 is 0 Å². The first-order chi connectivity index (χ1) is 9.20. The lowest BCUT2D eigenvalue weighted by molar-refractivity contribution is 0.484. The predicted molar refractivity (Wildman–Crippen MR) is 73.0 cm³/mol. The van der Waals surface area contributed by atoms with Crippen LogP contribution in [0.3, 0.4) is 0 Å². The van der Waals surface area contributed by atoms with E-state index in [4.69, 9.17) is 0 Å². The van der Waals surface area contributed by atoms with Crippen LogP contribution in [0.2, 0.25) is 0 Å². The highest BCUT2D eigenvalue weighted by Gasteiger charge is 2.12. The molecule has 4 heteroatoms. The van der Waals surface area contributed by atoms with E-state index in [1.165, 1.54) is 6.07 Å². The average Bonchev–Trinajstić information content (AvgIpc) is 2.41. The number of hydrogen-bond donors (Lipinski definition) is 1. The Labute approximate surface area is 112 Å². The van der Waals surface area contributed by atoms with Gasteiger partial charge in [0.2, 0.25) is 0 Å². The number of rotatable bonds is 5. The maximum atomic E-state index is 13.8. The fraction of sp³-hybridized carbons (Fsp3) is 0.333. The molecule has 0 fully saturated rings. The fourth-order valence-electron chi connectivity index (χ4n) is 2.06. The SMILES string of the molecule is CCC(NCc1ccnc(C)n1)c1ccccc1F. The molecule has 0 saturated heterocycles. The lowest BCUT2D eigenvalue weighted by atomic mass is 10.0. The average molecular weight is 259 g/mol. The van der Waals surface area contributed by atoms with Gasteiger partial charge in [-0.3, -0.25) is 0 Å². The molecule has 2 rings (SSSR count). The molecule has 0 aliphatic carbocycles. The maximum absolute atomic E-state index is 13.8. The van der Waals surface area contributed by atoms with Crippen molar-refractivity contribution in [2.45, 2.75) is 32.9 Å². The number of nitrogens with one attached hydrogen (secondary N) is 1. The summed E-state index contributed by atoms with van der Waals surface area (Å²) < 4.78 is 13.8. The highest BCUT2D eigenvalue weighted by atomic mass is 19.1. The second kappa shape index (κ2) is 6.38. The van der Waals surface area contributed by atoms with E-state index < -0.39 is 0 Å². The maximum Gasteiger partial charge on any atom is 0.127 e. The molecule has 0 saturated carbocycles. The molecule has 0 aliphatic rings. The summed E-state index contributed by atoms with van der Waals surface area (Å²) in [6, 6.07) is 8.75. The van der Waals surface area contributed by atoms with Crippen LogP contribution in [0, 0.1) is 12.7 Å². The molecule has 100 valence electrons. The minimum atomic E-state index is -0.166. The van der Waals surface area contributed by atoms with Crippen LogP contribution in [0.15, 0.2) is 36.5 Å². The summed E-state index contributed by atoms with van der Waals surface area (Å²) in [5.74, 6) is 0.582. The number of hydrogen-bond acceptors (Lipinski definition) is 3. The zero-order valence-electron chi connectivity index (χ0n) is 11.2. The molecule has 0 aliphatic heterocycles. The fourth-order valence-corrected chi connectivity index (χ4v) is 2.06. The molecule has 0 radical (unpaired) electrons. The summed E-state index contributed by atoms with van der Waals surface area (Å²) in [5, 5.41) is 3.34. The van der Waals surface area contributed by atoms with Gasteiger partial charge in [-0.15, -0.1) is 0 Å². The Bertz CT molecular complexity index is 542.